The van der Waals surface area contributed by atoms with Crippen LogP contribution in [0.5, 0.6) is 5.75 Å². The summed E-state index contributed by atoms with van der Waals surface area (Å²) >= 11 is 0. The number of rotatable bonds is 7. The predicted molar refractivity (Wildman–Crippen MR) is 70.9 cm³/mol. The van der Waals surface area contributed by atoms with Gasteiger partial charge in [-0.1, -0.05) is 12.1 Å². The highest BCUT2D eigenvalue weighted by Gasteiger charge is 2.05. The number of likely N-dealkylation sites (N-methyl/N-ethyl adjacent to an activating group) is 1. The molecule has 4 heteroatoms. The quantitative estimate of drug-likeness (QED) is 0.777. The molecule has 0 radical (unpaired) electrons. The van der Waals surface area contributed by atoms with Crippen molar-refractivity contribution in [2.45, 2.75) is 25.7 Å². The number of nitrogens with zero attached hydrogens (tertiary/aromatic N) is 1. The number of phenolic OH excluding ortho intramolecular Hbond substituents is 1. The second-order valence-corrected chi connectivity index (χ2v) is 4.76. The van der Waals surface area contributed by atoms with Gasteiger partial charge in [0.05, 0.1) is 0 Å². The molecule has 0 saturated carbocycles. The van der Waals surface area contributed by atoms with Gasteiger partial charge in [0, 0.05) is 13.0 Å². The Morgan fingerprint density at radius 2 is 2.00 bits per heavy atom. The molecule has 1 aromatic rings. The fourth-order valence-electron chi connectivity index (χ4n) is 1.78. The lowest BCUT2D eigenvalue weighted by atomic mass is 10.0. The highest BCUT2D eigenvalue weighted by atomic mass is 16.4. The summed E-state index contributed by atoms with van der Waals surface area (Å²) in [6.45, 7) is 0.958. The smallest absolute Gasteiger partial charge is 0.303 e. The van der Waals surface area contributed by atoms with Crippen LogP contribution in [0.1, 0.15) is 24.0 Å². The molecular weight excluding hydrogens is 230 g/mol. The first kappa shape index (κ1) is 14.5. The number of aryl methyl sites for hydroxylation is 1. The van der Waals surface area contributed by atoms with Crippen molar-refractivity contribution >= 4 is 5.97 Å². The summed E-state index contributed by atoms with van der Waals surface area (Å²) in [5.41, 5.74) is 2.01. The number of phenols is 1. The summed E-state index contributed by atoms with van der Waals surface area (Å²) in [6.07, 6.45) is 2.23. The van der Waals surface area contributed by atoms with E-state index >= 15 is 0 Å². The molecule has 0 aromatic heterocycles. The van der Waals surface area contributed by atoms with Gasteiger partial charge in [-0.25, -0.2) is 0 Å². The maximum Gasteiger partial charge on any atom is 0.303 e. The SMILES string of the molecule is CN(C)CCc1ccc(O)c(CCCC(=O)O)c1. The third kappa shape index (κ3) is 5.19. The molecule has 18 heavy (non-hydrogen) atoms. The van der Waals surface area contributed by atoms with E-state index in [-0.39, 0.29) is 12.2 Å². The highest BCUT2D eigenvalue weighted by molar-refractivity contribution is 5.66. The number of carboxylic acid groups (broad SMARTS) is 1. The topological polar surface area (TPSA) is 60.8 Å². The number of aliphatic carboxylic acids is 1. The molecule has 4 nitrogen and oxygen atoms in total. The molecule has 1 rings (SSSR count). The van der Waals surface area contributed by atoms with Gasteiger partial charge in [0.25, 0.3) is 0 Å². The lowest BCUT2D eigenvalue weighted by Gasteiger charge is -2.11. The molecule has 0 spiro atoms. The molecule has 2 N–H and O–H groups in total. The van der Waals surface area contributed by atoms with Crippen LogP contribution in [0.25, 0.3) is 0 Å². The number of hydrogen-bond donors (Lipinski definition) is 2. The molecule has 0 heterocycles. The van der Waals surface area contributed by atoms with Crippen LogP contribution in [-0.4, -0.2) is 41.7 Å². The van der Waals surface area contributed by atoms with Gasteiger partial charge in [-0.05, 0) is 50.6 Å². The number of hydrogen-bond acceptors (Lipinski definition) is 3. The van der Waals surface area contributed by atoms with E-state index in [0.29, 0.717) is 12.8 Å². The Labute approximate surface area is 108 Å². The van der Waals surface area contributed by atoms with Crippen molar-refractivity contribution in [1.82, 2.24) is 4.90 Å². The van der Waals surface area contributed by atoms with Crippen LogP contribution in [0, 0.1) is 0 Å². The first-order valence-corrected chi connectivity index (χ1v) is 6.16. The number of carbonyl (C=O) groups is 1. The van der Waals surface area contributed by atoms with Crippen LogP contribution in [0.3, 0.4) is 0 Å². The van der Waals surface area contributed by atoms with Gasteiger partial charge in [0.1, 0.15) is 5.75 Å². The Morgan fingerprint density at radius 3 is 2.61 bits per heavy atom. The largest absolute Gasteiger partial charge is 0.508 e. The monoisotopic (exact) mass is 251 g/mol. The Balaban J connectivity index is 2.60. The van der Waals surface area contributed by atoms with Crippen LogP contribution < -0.4 is 0 Å². The van der Waals surface area contributed by atoms with Gasteiger partial charge in [-0.2, -0.15) is 0 Å². The molecule has 0 unspecified atom stereocenters. The van der Waals surface area contributed by atoms with Crippen molar-refractivity contribution in [3.05, 3.63) is 29.3 Å². The summed E-state index contributed by atoms with van der Waals surface area (Å²) < 4.78 is 0. The van der Waals surface area contributed by atoms with Gasteiger partial charge in [0.2, 0.25) is 0 Å². The zero-order valence-corrected chi connectivity index (χ0v) is 11.0. The molecule has 100 valence electrons. The van der Waals surface area contributed by atoms with Crippen LogP contribution in [0.15, 0.2) is 18.2 Å². The standard InChI is InChI=1S/C14H21NO3/c1-15(2)9-8-11-6-7-13(16)12(10-11)4-3-5-14(17)18/h6-7,10,16H,3-5,8-9H2,1-2H3,(H,17,18). The average molecular weight is 251 g/mol. The molecule has 0 fully saturated rings. The Morgan fingerprint density at radius 1 is 1.28 bits per heavy atom. The van der Waals surface area contributed by atoms with E-state index in [1.54, 1.807) is 6.07 Å². The molecule has 0 aliphatic rings. The highest BCUT2D eigenvalue weighted by Crippen LogP contribution is 2.21. The normalized spacial score (nSPS) is 10.8. The minimum absolute atomic E-state index is 0.140. The summed E-state index contributed by atoms with van der Waals surface area (Å²) in [4.78, 5) is 12.6. The third-order valence-corrected chi connectivity index (χ3v) is 2.83. The van der Waals surface area contributed by atoms with E-state index in [4.69, 9.17) is 5.11 Å². The molecule has 0 aliphatic carbocycles. The predicted octanol–water partition coefficient (Wildman–Crippen LogP) is 1.90. The van der Waals surface area contributed by atoms with Gasteiger partial charge in [-0.15, -0.1) is 0 Å². The average Bonchev–Trinajstić information content (AvgIpc) is 2.29. The molecular formula is C14H21NO3. The first-order valence-electron chi connectivity index (χ1n) is 6.16. The van der Waals surface area contributed by atoms with Gasteiger partial charge < -0.3 is 15.1 Å². The van der Waals surface area contributed by atoms with Crippen LogP contribution in [-0.2, 0) is 17.6 Å². The van der Waals surface area contributed by atoms with Gasteiger partial charge in [-0.3, -0.25) is 4.79 Å². The summed E-state index contributed by atoms with van der Waals surface area (Å²) in [6, 6.07) is 5.58. The Bertz CT molecular complexity index is 402. The van der Waals surface area contributed by atoms with E-state index in [1.807, 2.05) is 26.2 Å². The van der Waals surface area contributed by atoms with Crippen molar-refractivity contribution in [2.24, 2.45) is 0 Å². The van der Waals surface area contributed by atoms with Crippen molar-refractivity contribution in [2.75, 3.05) is 20.6 Å². The van der Waals surface area contributed by atoms with Crippen LogP contribution in [0.2, 0.25) is 0 Å². The fourth-order valence-corrected chi connectivity index (χ4v) is 1.78. The molecule has 0 bridgehead atoms. The zero-order valence-electron chi connectivity index (χ0n) is 11.0. The molecule has 0 amide bonds. The van der Waals surface area contributed by atoms with Crippen molar-refractivity contribution in [1.29, 1.82) is 0 Å². The summed E-state index contributed by atoms with van der Waals surface area (Å²) in [5.74, 6) is -0.535. The maximum atomic E-state index is 10.5. The van der Waals surface area contributed by atoms with Gasteiger partial charge in [0.15, 0.2) is 0 Å². The summed E-state index contributed by atoms with van der Waals surface area (Å²) in [5, 5.41) is 18.3. The molecule has 0 saturated heterocycles. The number of benzene rings is 1. The molecule has 0 atom stereocenters. The number of carboxylic acids is 1. The van der Waals surface area contributed by atoms with Crippen molar-refractivity contribution in [3.8, 4) is 5.75 Å². The minimum atomic E-state index is -0.793. The lowest BCUT2D eigenvalue weighted by molar-refractivity contribution is -0.137. The second-order valence-electron chi connectivity index (χ2n) is 4.76. The molecule has 0 aliphatic heterocycles. The van der Waals surface area contributed by atoms with Gasteiger partial charge >= 0.3 is 5.97 Å². The maximum absolute atomic E-state index is 10.5. The van der Waals surface area contributed by atoms with E-state index < -0.39 is 5.97 Å². The van der Waals surface area contributed by atoms with Crippen LogP contribution >= 0.6 is 0 Å². The van der Waals surface area contributed by atoms with Crippen molar-refractivity contribution in [3.63, 3.8) is 0 Å². The number of aromatic hydroxyl groups is 1. The molecule has 1 aromatic carbocycles. The Kier molecular flexibility index (Phi) is 5.65. The minimum Gasteiger partial charge on any atom is -0.508 e. The van der Waals surface area contributed by atoms with E-state index in [1.165, 1.54) is 5.56 Å². The second kappa shape index (κ2) is 7.01. The van der Waals surface area contributed by atoms with Crippen molar-refractivity contribution < 1.29 is 15.0 Å². The lowest BCUT2D eigenvalue weighted by Crippen LogP contribution is -2.15. The summed E-state index contributed by atoms with van der Waals surface area (Å²) in [7, 11) is 4.04. The Hall–Kier alpha value is -1.55. The fraction of sp³-hybridized carbons (Fsp3) is 0.500. The zero-order chi connectivity index (χ0) is 13.5. The van der Waals surface area contributed by atoms with E-state index in [2.05, 4.69) is 4.90 Å². The third-order valence-electron chi connectivity index (χ3n) is 2.83. The first-order chi connectivity index (χ1) is 8.49. The van der Waals surface area contributed by atoms with E-state index in [0.717, 1.165) is 18.5 Å². The van der Waals surface area contributed by atoms with E-state index in [9.17, 15) is 9.90 Å². The van der Waals surface area contributed by atoms with Crippen LogP contribution in [0.4, 0.5) is 0 Å².